The van der Waals surface area contributed by atoms with Crippen LogP contribution in [0.3, 0.4) is 0 Å². The van der Waals surface area contributed by atoms with E-state index in [9.17, 15) is 0 Å². The van der Waals surface area contributed by atoms with Gasteiger partial charge >= 0.3 is 0 Å². The lowest BCUT2D eigenvalue weighted by Gasteiger charge is -2.10. The molecular weight excluding hydrogens is 424 g/mol. The van der Waals surface area contributed by atoms with Crippen molar-refractivity contribution in [2.24, 2.45) is 0 Å². The highest BCUT2D eigenvalue weighted by Gasteiger charge is 2.06. The second-order valence-electron chi connectivity index (χ2n) is 11.0. The molecule has 0 aliphatic carbocycles. The smallest absolute Gasteiger partial charge is 0.0892 e. The lowest BCUT2D eigenvalue weighted by molar-refractivity contribution is 0.606. The van der Waals surface area contributed by atoms with E-state index in [1.165, 1.54) is 135 Å². The molecule has 0 aromatic carbocycles. The first-order valence-corrected chi connectivity index (χ1v) is 17.1. The fraction of sp³-hybridized carbons (Fsp3) is 0.818. The zero-order valence-corrected chi connectivity index (χ0v) is 25.6. The van der Waals surface area contributed by atoms with E-state index in [2.05, 4.69) is 58.6 Å². The molecule has 199 valence electrons. The Labute approximate surface area is 218 Å². The predicted octanol–water partition coefficient (Wildman–Crippen LogP) is 12.2. The Bertz CT molecular complexity index is 449. The third-order valence-electron chi connectivity index (χ3n) is 7.01. The van der Waals surface area contributed by atoms with Gasteiger partial charge < -0.3 is 0 Å². The van der Waals surface area contributed by atoms with Gasteiger partial charge in [0.2, 0.25) is 0 Å². The lowest BCUT2D eigenvalue weighted by atomic mass is 10.1. The van der Waals surface area contributed by atoms with Crippen molar-refractivity contribution in [3.8, 4) is 0 Å². The van der Waals surface area contributed by atoms with Crippen LogP contribution in [0.25, 0.3) is 0 Å². The fourth-order valence-electron chi connectivity index (χ4n) is 4.75. The zero-order valence-electron chi connectivity index (χ0n) is 24.6. The van der Waals surface area contributed by atoms with E-state index >= 15 is 0 Å². The second-order valence-corrected chi connectivity index (χ2v) is 12.9. The van der Waals surface area contributed by atoms with Crippen LogP contribution in [0.2, 0.25) is 0 Å². The van der Waals surface area contributed by atoms with E-state index in [-0.39, 0.29) is 0 Å². The van der Waals surface area contributed by atoms with Crippen LogP contribution in [0.4, 0.5) is 0 Å². The van der Waals surface area contributed by atoms with Gasteiger partial charge in [0, 0.05) is 0 Å². The summed E-state index contributed by atoms with van der Waals surface area (Å²) in [5.74, 6) is 0. The topological polar surface area (TPSA) is 0 Å². The minimum atomic E-state index is -0.679. The molecule has 1 radical (unpaired) electrons. The Morgan fingerprint density at radius 2 is 0.618 bits per heavy atom. The molecule has 1 heteroatoms. The molecule has 0 aromatic heterocycles. The van der Waals surface area contributed by atoms with Crippen LogP contribution in [-0.4, -0.2) is 8.80 Å². The molecule has 0 spiro atoms. The molecule has 0 aliphatic heterocycles. The summed E-state index contributed by atoms with van der Waals surface area (Å²) in [4.78, 5) is 0. The molecule has 0 aliphatic rings. The van der Waals surface area contributed by atoms with Gasteiger partial charge in [0.25, 0.3) is 0 Å². The first kappa shape index (κ1) is 33.4. The van der Waals surface area contributed by atoms with Crippen molar-refractivity contribution < 1.29 is 0 Å². The quantitative estimate of drug-likeness (QED) is 0.0937. The molecule has 0 saturated heterocycles. The maximum absolute atomic E-state index is 2.67. The molecule has 0 atom stereocenters. The number of hydrogen-bond acceptors (Lipinski definition) is 0. The van der Waals surface area contributed by atoms with Gasteiger partial charge in [-0.25, -0.2) is 0 Å². The Morgan fingerprint density at radius 1 is 0.382 bits per heavy atom. The van der Waals surface area contributed by atoms with E-state index < -0.39 is 8.80 Å². The average Bonchev–Trinajstić information content (AvgIpc) is 2.80. The molecule has 0 bridgehead atoms. The summed E-state index contributed by atoms with van der Waals surface area (Å²) < 4.78 is 0. The average molecular weight is 488 g/mol. The summed E-state index contributed by atoms with van der Waals surface area (Å²) in [6.07, 6.45) is 29.1. The molecule has 0 fully saturated rings. The monoisotopic (exact) mass is 487 g/mol. The molecule has 0 nitrogen and oxygen atoms in total. The van der Waals surface area contributed by atoms with Crippen molar-refractivity contribution in [3.05, 3.63) is 33.8 Å². The minimum Gasteiger partial charge on any atom is -0.0892 e. The van der Waals surface area contributed by atoms with Crippen molar-refractivity contribution in [2.75, 3.05) is 0 Å². The predicted molar refractivity (Wildman–Crippen MR) is 161 cm³/mol. The van der Waals surface area contributed by atoms with Crippen LogP contribution in [0, 0.1) is 0 Å². The summed E-state index contributed by atoms with van der Waals surface area (Å²) >= 11 is 0. The van der Waals surface area contributed by atoms with Crippen molar-refractivity contribution in [2.45, 2.75) is 176 Å². The van der Waals surface area contributed by atoms with Crippen LogP contribution < -0.4 is 0 Å². The fourth-order valence-corrected chi connectivity index (χ4v) is 7.14. The summed E-state index contributed by atoms with van der Waals surface area (Å²) in [5.41, 5.74) is 12.9. The maximum atomic E-state index is 2.67. The molecule has 0 saturated carbocycles. The van der Waals surface area contributed by atoms with Gasteiger partial charge in [0.1, 0.15) is 8.80 Å². The Hall–Kier alpha value is -0.563. The van der Waals surface area contributed by atoms with Gasteiger partial charge in [0.05, 0.1) is 0 Å². The Morgan fingerprint density at radius 3 is 0.882 bits per heavy atom. The SMILES string of the molecule is CCCCCCCC/C(C)=C/[Si](/C=C(\C)CCCCCCCC)/C=C(\C)CCCCCCCC. The van der Waals surface area contributed by atoms with Gasteiger partial charge in [-0.3, -0.25) is 0 Å². The largest absolute Gasteiger partial charge is 0.131 e. The minimum absolute atomic E-state index is 0.679. The molecule has 0 unspecified atom stereocenters. The van der Waals surface area contributed by atoms with Crippen molar-refractivity contribution >= 4 is 8.80 Å². The highest BCUT2D eigenvalue weighted by Crippen LogP contribution is 2.17. The van der Waals surface area contributed by atoms with Gasteiger partial charge in [-0.15, -0.1) is 0 Å². The number of unbranched alkanes of at least 4 members (excludes halogenated alkanes) is 15. The zero-order chi connectivity index (χ0) is 25.3. The number of hydrogen-bond donors (Lipinski definition) is 0. The maximum Gasteiger partial charge on any atom is 0.131 e. The molecule has 34 heavy (non-hydrogen) atoms. The van der Waals surface area contributed by atoms with E-state index in [0.29, 0.717) is 0 Å². The molecule has 0 amide bonds. The van der Waals surface area contributed by atoms with Gasteiger partial charge in [-0.2, -0.15) is 0 Å². The lowest BCUT2D eigenvalue weighted by Crippen LogP contribution is -2.06. The summed E-state index contributed by atoms with van der Waals surface area (Å²) in [6.45, 7) is 14.1. The molecule has 0 N–H and O–H groups in total. The highest BCUT2D eigenvalue weighted by molar-refractivity contribution is 6.74. The number of allylic oxidation sites excluding steroid dienone is 3. The number of rotatable bonds is 24. The van der Waals surface area contributed by atoms with Crippen LogP contribution in [-0.2, 0) is 0 Å². The Balaban J connectivity index is 4.79. The van der Waals surface area contributed by atoms with E-state index in [4.69, 9.17) is 0 Å². The molecule has 0 heterocycles. The molecular formula is C33H63Si. The first-order chi connectivity index (χ1) is 16.5. The van der Waals surface area contributed by atoms with Crippen molar-refractivity contribution in [3.63, 3.8) is 0 Å². The first-order valence-electron chi connectivity index (χ1n) is 15.4. The van der Waals surface area contributed by atoms with Crippen LogP contribution in [0.1, 0.15) is 176 Å². The van der Waals surface area contributed by atoms with Gasteiger partial charge in [-0.1, -0.05) is 151 Å². The van der Waals surface area contributed by atoms with Gasteiger partial charge in [-0.05, 0) is 59.3 Å². The van der Waals surface area contributed by atoms with Gasteiger partial charge in [0.15, 0.2) is 0 Å². The normalized spacial score (nSPS) is 13.3. The third kappa shape index (κ3) is 23.2. The third-order valence-corrected chi connectivity index (χ3v) is 9.49. The van der Waals surface area contributed by atoms with Crippen LogP contribution in [0.5, 0.6) is 0 Å². The summed E-state index contributed by atoms with van der Waals surface area (Å²) in [6, 6.07) is 0. The Kier molecular flexibility index (Phi) is 25.1. The summed E-state index contributed by atoms with van der Waals surface area (Å²) in [5, 5.41) is 0. The van der Waals surface area contributed by atoms with Crippen LogP contribution in [0.15, 0.2) is 33.8 Å². The van der Waals surface area contributed by atoms with E-state index in [1.54, 1.807) is 16.7 Å². The van der Waals surface area contributed by atoms with Crippen LogP contribution >= 0.6 is 0 Å². The standard InChI is InChI=1S/C33H63Si/c1-7-10-13-16-19-22-25-31(4)28-34(29-32(5)26-23-20-17-14-11-8-2)30-33(6)27-24-21-18-15-12-9-3/h28-30H,7-27H2,1-6H3/b31-28+,32-29+,33-30+. The van der Waals surface area contributed by atoms with E-state index in [0.717, 1.165) is 0 Å². The van der Waals surface area contributed by atoms with Crippen molar-refractivity contribution in [1.82, 2.24) is 0 Å². The second kappa shape index (κ2) is 25.5. The molecule has 0 aromatic rings. The van der Waals surface area contributed by atoms with Crippen molar-refractivity contribution in [1.29, 1.82) is 0 Å². The summed E-state index contributed by atoms with van der Waals surface area (Å²) in [7, 11) is -0.679. The molecule has 0 rings (SSSR count). The van der Waals surface area contributed by atoms with E-state index in [1.807, 2.05) is 0 Å². The highest BCUT2D eigenvalue weighted by atomic mass is 28.3.